The molecule has 0 spiro atoms. The second kappa shape index (κ2) is 7.83. The van der Waals surface area contributed by atoms with E-state index in [0.717, 1.165) is 5.56 Å². The van der Waals surface area contributed by atoms with Gasteiger partial charge < -0.3 is 0 Å². The lowest BCUT2D eigenvalue weighted by Gasteiger charge is -2.11. The van der Waals surface area contributed by atoms with Gasteiger partial charge in [0, 0.05) is 22.7 Å². The van der Waals surface area contributed by atoms with Crippen molar-refractivity contribution < 1.29 is 13.2 Å². The molecule has 0 amide bonds. The largest absolute Gasteiger partial charge is 0.289 e. The molecule has 6 heteroatoms. The second-order valence-corrected chi connectivity index (χ2v) is 7.81. The number of halogens is 1. The Hall–Kier alpha value is -2.47. The van der Waals surface area contributed by atoms with Gasteiger partial charge in [-0.2, -0.15) is 0 Å². The molecular weight excluding hydrogens is 370 g/mol. The second-order valence-electron chi connectivity index (χ2n) is 5.64. The topological polar surface area (TPSA) is 63.2 Å². The van der Waals surface area contributed by atoms with Crippen molar-refractivity contribution in [1.82, 2.24) is 4.72 Å². The molecule has 26 heavy (non-hydrogen) atoms. The van der Waals surface area contributed by atoms with Gasteiger partial charge in [-0.3, -0.25) is 4.79 Å². The highest BCUT2D eigenvalue weighted by Gasteiger charge is 2.22. The maximum atomic E-state index is 12.8. The molecule has 0 bridgehead atoms. The SMILES string of the molecule is O=C(c1ccc(Cl)cc1)c1ccccc1S(=O)(=O)NCc1ccccc1. The monoisotopic (exact) mass is 385 g/mol. The first kappa shape index (κ1) is 18.3. The first-order chi connectivity index (χ1) is 12.5. The molecule has 0 aliphatic heterocycles. The minimum absolute atomic E-state index is 0.0455. The number of carbonyl (C=O) groups is 1. The van der Waals surface area contributed by atoms with Crippen LogP contribution in [0.5, 0.6) is 0 Å². The zero-order chi connectivity index (χ0) is 18.6. The molecule has 0 heterocycles. The van der Waals surface area contributed by atoms with Gasteiger partial charge in [0.15, 0.2) is 5.78 Å². The predicted octanol–water partition coefficient (Wildman–Crippen LogP) is 4.05. The summed E-state index contributed by atoms with van der Waals surface area (Å²) >= 11 is 5.85. The Kier molecular flexibility index (Phi) is 5.52. The molecule has 0 aliphatic rings. The third-order valence-corrected chi connectivity index (χ3v) is 5.55. The van der Waals surface area contributed by atoms with E-state index in [0.29, 0.717) is 10.6 Å². The number of hydrogen-bond acceptors (Lipinski definition) is 3. The van der Waals surface area contributed by atoms with E-state index in [1.54, 1.807) is 36.4 Å². The summed E-state index contributed by atoms with van der Waals surface area (Å²) in [4.78, 5) is 12.7. The minimum Gasteiger partial charge on any atom is -0.289 e. The van der Waals surface area contributed by atoms with Gasteiger partial charge in [-0.15, -0.1) is 0 Å². The molecule has 4 nitrogen and oxygen atoms in total. The van der Waals surface area contributed by atoms with Crippen LogP contribution in [0.2, 0.25) is 5.02 Å². The van der Waals surface area contributed by atoms with Crippen molar-refractivity contribution in [3.63, 3.8) is 0 Å². The molecule has 0 saturated carbocycles. The summed E-state index contributed by atoms with van der Waals surface area (Å²) in [6.07, 6.45) is 0. The molecule has 0 aromatic heterocycles. The van der Waals surface area contributed by atoms with Gasteiger partial charge in [-0.25, -0.2) is 13.1 Å². The molecule has 0 fully saturated rings. The number of carbonyl (C=O) groups excluding carboxylic acids is 1. The molecule has 0 atom stereocenters. The summed E-state index contributed by atoms with van der Waals surface area (Å²) < 4.78 is 28.0. The van der Waals surface area contributed by atoms with Gasteiger partial charge in [-0.1, -0.05) is 54.1 Å². The highest BCUT2D eigenvalue weighted by molar-refractivity contribution is 7.89. The third-order valence-electron chi connectivity index (χ3n) is 3.84. The first-order valence-corrected chi connectivity index (χ1v) is 9.76. The van der Waals surface area contributed by atoms with Crippen LogP contribution in [0.4, 0.5) is 0 Å². The van der Waals surface area contributed by atoms with Crippen LogP contribution >= 0.6 is 11.6 Å². The quantitative estimate of drug-likeness (QED) is 0.651. The maximum absolute atomic E-state index is 12.8. The van der Waals surface area contributed by atoms with Gasteiger partial charge in [0.1, 0.15) is 0 Å². The molecule has 132 valence electrons. The summed E-state index contributed by atoms with van der Waals surface area (Å²) in [6, 6.07) is 21.7. The molecule has 1 N–H and O–H groups in total. The van der Waals surface area contributed by atoms with E-state index in [4.69, 9.17) is 11.6 Å². The predicted molar refractivity (Wildman–Crippen MR) is 102 cm³/mol. The summed E-state index contributed by atoms with van der Waals surface area (Å²) in [7, 11) is -3.85. The van der Waals surface area contributed by atoms with Gasteiger partial charge in [0.2, 0.25) is 10.0 Å². The van der Waals surface area contributed by atoms with Crippen LogP contribution in [0.1, 0.15) is 21.5 Å². The van der Waals surface area contributed by atoms with Gasteiger partial charge in [-0.05, 0) is 42.0 Å². The van der Waals surface area contributed by atoms with Crippen molar-refractivity contribution >= 4 is 27.4 Å². The number of hydrogen-bond donors (Lipinski definition) is 1. The number of benzene rings is 3. The molecule has 0 aliphatic carbocycles. The fourth-order valence-electron chi connectivity index (χ4n) is 2.50. The van der Waals surface area contributed by atoms with Crippen molar-refractivity contribution in [2.24, 2.45) is 0 Å². The van der Waals surface area contributed by atoms with Crippen LogP contribution in [0.3, 0.4) is 0 Å². The Bertz CT molecular complexity index is 1020. The third kappa shape index (κ3) is 4.19. The standard InChI is InChI=1S/C20H16ClNO3S/c21-17-12-10-16(11-13-17)20(23)18-8-4-5-9-19(18)26(24,25)22-14-15-6-2-1-3-7-15/h1-13,22H,14H2. The summed E-state index contributed by atoms with van der Waals surface area (Å²) in [5, 5.41) is 0.506. The number of ketones is 1. The molecule has 3 aromatic rings. The molecule has 0 unspecified atom stereocenters. The fraction of sp³-hybridized carbons (Fsp3) is 0.0500. The highest BCUT2D eigenvalue weighted by atomic mass is 35.5. The average molecular weight is 386 g/mol. The molecule has 3 rings (SSSR count). The first-order valence-electron chi connectivity index (χ1n) is 7.90. The van der Waals surface area contributed by atoms with Crippen LogP contribution < -0.4 is 4.72 Å². The molecule has 0 radical (unpaired) electrons. The lowest BCUT2D eigenvalue weighted by Crippen LogP contribution is -2.25. The van der Waals surface area contributed by atoms with Gasteiger partial charge in [0.25, 0.3) is 0 Å². The van der Waals surface area contributed by atoms with E-state index < -0.39 is 10.0 Å². The number of nitrogens with one attached hydrogen (secondary N) is 1. The van der Waals surface area contributed by atoms with Gasteiger partial charge >= 0.3 is 0 Å². The molecular formula is C20H16ClNO3S. The van der Waals surface area contributed by atoms with Crippen LogP contribution in [0.15, 0.2) is 83.8 Å². The zero-order valence-corrected chi connectivity index (χ0v) is 15.3. The molecule has 0 saturated heterocycles. The van der Waals surface area contributed by atoms with Crippen LogP contribution in [0, 0.1) is 0 Å². The van der Waals surface area contributed by atoms with Gasteiger partial charge in [0.05, 0.1) is 4.90 Å². The van der Waals surface area contributed by atoms with E-state index in [1.165, 1.54) is 12.1 Å². The highest BCUT2D eigenvalue weighted by Crippen LogP contribution is 2.20. The smallest absolute Gasteiger partial charge is 0.241 e. The van der Waals surface area contributed by atoms with E-state index >= 15 is 0 Å². The van der Waals surface area contributed by atoms with Crippen LogP contribution in [0.25, 0.3) is 0 Å². The summed E-state index contributed by atoms with van der Waals surface area (Å²) in [5.74, 6) is -0.373. The molecule has 3 aromatic carbocycles. The Labute approximate surface area is 157 Å². The Morgan fingerprint density at radius 1 is 0.846 bits per heavy atom. The van der Waals surface area contributed by atoms with Crippen molar-refractivity contribution in [2.45, 2.75) is 11.4 Å². The maximum Gasteiger partial charge on any atom is 0.241 e. The summed E-state index contributed by atoms with van der Waals surface area (Å²) in [5.41, 5.74) is 1.33. The lowest BCUT2D eigenvalue weighted by atomic mass is 10.0. The van der Waals surface area contributed by atoms with Crippen LogP contribution in [-0.2, 0) is 16.6 Å². The number of sulfonamides is 1. The van der Waals surface area contributed by atoms with E-state index in [9.17, 15) is 13.2 Å². The number of rotatable bonds is 6. The fourth-order valence-corrected chi connectivity index (χ4v) is 3.84. The lowest BCUT2D eigenvalue weighted by molar-refractivity contribution is 0.103. The zero-order valence-electron chi connectivity index (χ0n) is 13.7. The summed E-state index contributed by atoms with van der Waals surface area (Å²) in [6.45, 7) is 0.145. The van der Waals surface area contributed by atoms with E-state index in [2.05, 4.69) is 4.72 Å². The van der Waals surface area contributed by atoms with E-state index in [-0.39, 0.29) is 22.8 Å². The minimum atomic E-state index is -3.85. The van der Waals surface area contributed by atoms with Crippen molar-refractivity contribution in [3.05, 3.63) is 101 Å². The Morgan fingerprint density at radius 3 is 2.15 bits per heavy atom. The van der Waals surface area contributed by atoms with Crippen LogP contribution in [-0.4, -0.2) is 14.2 Å². The Balaban J connectivity index is 1.90. The normalized spacial score (nSPS) is 11.3. The average Bonchev–Trinajstić information content (AvgIpc) is 2.67. The van der Waals surface area contributed by atoms with Crippen molar-refractivity contribution in [2.75, 3.05) is 0 Å². The van der Waals surface area contributed by atoms with Crippen molar-refractivity contribution in [3.8, 4) is 0 Å². The van der Waals surface area contributed by atoms with E-state index in [1.807, 2.05) is 30.3 Å². The van der Waals surface area contributed by atoms with Crippen molar-refractivity contribution in [1.29, 1.82) is 0 Å². The Morgan fingerprint density at radius 2 is 1.46 bits per heavy atom.